The van der Waals surface area contributed by atoms with E-state index in [9.17, 15) is 4.39 Å². The first kappa shape index (κ1) is 25.8. The summed E-state index contributed by atoms with van der Waals surface area (Å²) in [6, 6.07) is 20.4. The van der Waals surface area contributed by atoms with Crippen molar-refractivity contribution in [1.82, 2.24) is 19.4 Å². The zero-order chi connectivity index (χ0) is 26.6. The van der Waals surface area contributed by atoms with Gasteiger partial charge in [0.2, 0.25) is 0 Å². The molecule has 9 heteroatoms. The predicted molar refractivity (Wildman–Crippen MR) is 148 cm³/mol. The highest BCUT2D eigenvalue weighted by atomic mass is 32.2. The van der Waals surface area contributed by atoms with Gasteiger partial charge >= 0.3 is 0 Å². The largest absolute Gasteiger partial charge is 0.484 e. The second kappa shape index (κ2) is 11.7. The van der Waals surface area contributed by atoms with Gasteiger partial charge in [-0.2, -0.15) is 5.26 Å². The Morgan fingerprint density at radius 2 is 1.90 bits per heavy atom. The highest BCUT2D eigenvalue weighted by Crippen LogP contribution is 2.30. The zero-order valence-electron chi connectivity index (χ0n) is 21.6. The van der Waals surface area contributed by atoms with E-state index < -0.39 is 5.82 Å². The van der Waals surface area contributed by atoms with Crippen LogP contribution in [0.4, 0.5) is 4.39 Å². The van der Waals surface area contributed by atoms with Crippen LogP contribution < -0.4 is 4.74 Å². The van der Waals surface area contributed by atoms with Gasteiger partial charge in [-0.1, -0.05) is 18.2 Å². The molecular formula is C30H30FN5O2S. The normalized spacial score (nSPS) is 18.1. The summed E-state index contributed by atoms with van der Waals surface area (Å²) in [6.07, 6.45) is 3.56. The van der Waals surface area contributed by atoms with E-state index >= 15 is 0 Å². The second-order valence-corrected chi connectivity index (χ2v) is 11.3. The zero-order valence-corrected chi connectivity index (χ0v) is 22.4. The minimum Gasteiger partial charge on any atom is -0.484 e. The molecule has 2 aliphatic rings. The van der Waals surface area contributed by atoms with Crippen LogP contribution >= 0.6 is 11.8 Å². The lowest BCUT2D eigenvalue weighted by Gasteiger charge is -2.32. The van der Waals surface area contributed by atoms with Crippen molar-refractivity contribution in [2.45, 2.75) is 55.3 Å². The maximum absolute atomic E-state index is 14.1. The molecule has 4 aromatic rings. The molecule has 39 heavy (non-hydrogen) atoms. The maximum Gasteiger partial charge on any atom is 0.166 e. The third kappa shape index (κ3) is 6.09. The second-order valence-electron chi connectivity index (χ2n) is 10.0. The SMILES string of the molecule is N#Cc1ccc(OCc2cccc(SC3CCN(Cc4nc5ccccc5n4C[C@@H]4CCO4)CC3)n2)c(F)c1. The number of halogens is 1. The van der Waals surface area contributed by atoms with Crippen LogP contribution in [0.3, 0.4) is 0 Å². The van der Waals surface area contributed by atoms with E-state index in [1.165, 1.54) is 17.6 Å². The Morgan fingerprint density at radius 1 is 1.05 bits per heavy atom. The Kier molecular flexibility index (Phi) is 7.77. The molecule has 200 valence electrons. The fourth-order valence-corrected chi connectivity index (χ4v) is 6.20. The first-order valence-electron chi connectivity index (χ1n) is 13.4. The molecule has 2 saturated heterocycles. The summed E-state index contributed by atoms with van der Waals surface area (Å²) in [7, 11) is 0. The summed E-state index contributed by atoms with van der Waals surface area (Å²) in [5.74, 6) is 0.694. The molecule has 0 N–H and O–H groups in total. The van der Waals surface area contributed by atoms with Crippen molar-refractivity contribution < 1.29 is 13.9 Å². The fraction of sp³-hybridized carbons (Fsp3) is 0.367. The Labute approximate surface area is 231 Å². The number of hydrogen-bond acceptors (Lipinski definition) is 7. The smallest absolute Gasteiger partial charge is 0.166 e. The van der Waals surface area contributed by atoms with Crippen LogP contribution in [0.5, 0.6) is 5.75 Å². The van der Waals surface area contributed by atoms with Gasteiger partial charge in [-0.3, -0.25) is 4.90 Å². The quantitative estimate of drug-likeness (QED) is 0.273. The number of imidazole rings is 1. The number of benzene rings is 2. The van der Waals surface area contributed by atoms with Crippen LogP contribution in [-0.4, -0.2) is 50.5 Å². The molecule has 0 amide bonds. The Balaban J connectivity index is 1.03. The minimum absolute atomic E-state index is 0.120. The van der Waals surface area contributed by atoms with Crippen LogP contribution in [0.25, 0.3) is 11.0 Å². The summed E-state index contributed by atoms with van der Waals surface area (Å²) in [6.45, 7) is 4.77. The van der Waals surface area contributed by atoms with Crippen LogP contribution in [0, 0.1) is 17.1 Å². The molecule has 0 radical (unpaired) electrons. The highest BCUT2D eigenvalue weighted by Gasteiger charge is 2.25. The monoisotopic (exact) mass is 543 g/mol. The van der Waals surface area contributed by atoms with Gasteiger partial charge in [0, 0.05) is 11.9 Å². The number of piperidine rings is 1. The van der Waals surface area contributed by atoms with Gasteiger partial charge in [-0.25, -0.2) is 14.4 Å². The first-order valence-corrected chi connectivity index (χ1v) is 14.3. The maximum atomic E-state index is 14.1. The number of pyridine rings is 1. The van der Waals surface area contributed by atoms with E-state index in [0.29, 0.717) is 11.4 Å². The molecule has 6 rings (SSSR count). The van der Waals surface area contributed by atoms with Crippen LogP contribution in [0.15, 0.2) is 65.7 Å². The molecule has 2 aliphatic heterocycles. The Hall–Kier alpha value is -3.45. The fourth-order valence-electron chi connectivity index (χ4n) is 5.08. The van der Waals surface area contributed by atoms with Gasteiger partial charge in [-0.05, 0) is 74.8 Å². The molecule has 0 spiro atoms. The molecule has 0 bridgehead atoms. The minimum atomic E-state index is -0.543. The van der Waals surface area contributed by atoms with Crippen molar-refractivity contribution in [2.75, 3.05) is 19.7 Å². The number of para-hydroxylation sites is 2. The number of rotatable bonds is 9. The Bertz CT molecular complexity index is 1490. The van der Waals surface area contributed by atoms with E-state index in [2.05, 4.69) is 27.7 Å². The molecule has 7 nitrogen and oxygen atoms in total. The van der Waals surface area contributed by atoms with E-state index in [0.717, 1.165) is 74.1 Å². The lowest BCUT2D eigenvalue weighted by atomic mass is 10.1. The molecule has 2 aromatic heterocycles. The van der Waals surface area contributed by atoms with Crippen molar-refractivity contribution in [3.8, 4) is 11.8 Å². The summed E-state index contributed by atoms with van der Waals surface area (Å²) in [5, 5.41) is 10.3. The van der Waals surface area contributed by atoms with Crippen LogP contribution in [0.1, 0.15) is 36.3 Å². The molecular weight excluding hydrogens is 513 g/mol. The number of fused-ring (bicyclic) bond motifs is 1. The molecule has 4 heterocycles. The molecule has 0 aliphatic carbocycles. The van der Waals surface area contributed by atoms with Gasteiger partial charge in [0.1, 0.15) is 12.4 Å². The van der Waals surface area contributed by atoms with Crippen LogP contribution in [0.2, 0.25) is 0 Å². The van der Waals surface area contributed by atoms with Gasteiger partial charge in [0.05, 0.1) is 52.6 Å². The van der Waals surface area contributed by atoms with E-state index in [4.69, 9.17) is 24.7 Å². The number of likely N-dealkylation sites (tertiary alicyclic amines) is 1. The average molecular weight is 544 g/mol. The molecule has 2 aromatic carbocycles. The predicted octanol–water partition coefficient (Wildman–Crippen LogP) is 5.57. The van der Waals surface area contributed by atoms with Crippen molar-refractivity contribution in [3.63, 3.8) is 0 Å². The lowest BCUT2D eigenvalue weighted by Crippen LogP contribution is -2.36. The summed E-state index contributed by atoms with van der Waals surface area (Å²) in [4.78, 5) is 12.2. The first-order chi connectivity index (χ1) is 19.1. The molecule has 2 fully saturated rings. The number of nitriles is 1. The van der Waals surface area contributed by atoms with Gasteiger partial charge in [-0.15, -0.1) is 11.8 Å². The summed E-state index contributed by atoms with van der Waals surface area (Å²) in [5.41, 5.74) is 3.25. The van der Waals surface area contributed by atoms with Crippen molar-refractivity contribution in [2.24, 2.45) is 0 Å². The summed E-state index contributed by atoms with van der Waals surface area (Å²) < 4.78 is 27.8. The van der Waals surface area contributed by atoms with Crippen LogP contribution in [-0.2, 0) is 24.4 Å². The topological polar surface area (TPSA) is 76.2 Å². The number of thioether (sulfide) groups is 1. The third-order valence-corrected chi connectivity index (χ3v) is 8.59. The van der Waals surface area contributed by atoms with E-state index in [1.54, 1.807) is 17.8 Å². The number of ether oxygens (including phenoxy) is 2. The number of nitrogens with zero attached hydrogens (tertiary/aromatic N) is 5. The van der Waals surface area contributed by atoms with Gasteiger partial charge in [0.15, 0.2) is 11.6 Å². The number of hydrogen-bond donors (Lipinski definition) is 0. The average Bonchev–Trinajstić information content (AvgIpc) is 3.28. The molecule has 0 saturated carbocycles. The number of aromatic nitrogens is 3. The van der Waals surface area contributed by atoms with Gasteiger partial charge < -0.3 is 14.0 Å². The highest BCUT2D eigenvalue weighted by molar-refractivity contribution is 7.99. The van der Waals surface area contributed by atoms with Crippen molar-refractivity contribution in [1.29, 1.82) is 5.26 Å². The lowest BCUT2D eigenvalue weighted by molar-refractivity contribution is -0.0592. The van der Waals surface area contributed by atoms with Crippen molar-refractivity contribution >= 4 is 22.8 Å². The van der Waals surface area contributed by atoms with Crippen molar-refractivity contribution in [3.05, 3.63) is 83.6 Å². The molecule has 0 unspecified atom stereocenters. The molecule has 1 atom stereocenters. The standard InChI is InChI=1S/C30H30FN5O2S/c31-25-16-21(17-32)8-9-28(25)38-20-22-4-3-7-30(33-22)39-24-10-13-35(14-11-24)19-29-34-26-5-1-2-6-27(26)36(29)18-23-12-15-37-23/h1-9,16,23-24H,10-15,18-20H2/t23-/m0/s1. The van der Waals surface area contributed by atoms with E-state index in [1.807, 2.05) is 30.3 Å². The third-order valence-electron chi connectivity index (χ3n) is 7.32. The van der Waals surface area contributed by atoms with Gasteiger partial charge in [0.25, 0.3) is 0 Å². The van der Waals surface area contributed by atoms with E-state index in [-0.39, 0.29) is 17.9 Å². The Morgan fingerprint density at radius 3 is 2.67 bits per heavy atom. The summed E-state index contributed by atoms with van der Waals surface area (Å²) >= 11 is 1.80.